The zero-order chi connectivity index (χ0) is 10.8. The first-order valence-electron chi connectivity index (χ1n) is 4.47. The second kappa shape index (κ2) is 3.68. The molecule has 5 heteroatoms. The Hall–Kier alpha value is -1.91. The quantitative estimate of drug-likeness (QED) is 0.709. The maximum atomic E-state index is 13.2. The van der Waals surface area contributed by atoms with E-state index >= 15 is 0 Å². The molecule has 0 aliphatic rings. The molecule has 2 rings (SSSR count). The molecule has 0 aliphatic heterocycles. The van der Waals surface area contributed by atoms with Crippen LogP contribution in [0.1, 0.15) is 11.4 Å². The van der Waals surface area contributed by atoms with Gasteiger partial charge in [-0.05, 0) is 25.5 Å². The summed E-state index contributed by atoms with van der Waals surface area (Å²) < 4.78 is 13.2. The molecule has 1 aromatic carbocycles. The first kappa shape index (κ1) is 9.64. The second-order valence-corrected chi connectivity index (χ2v) is 3.23. The van der Waals surface area contributed by atoms with Crippen molar-refractivity contribution in [1.82, 2.24) is 20.4 Å². The molecule has 4 nitrogen and oxygen atoms in total. The largest absolute Gasteiger partial charge is 0.207 e. The Kier molecular flexibility index (Phi) is 2.37. The van der Waals surface area contributed by atoms with Crippen LogP contribution in [0.3, 0.4) is 0 Å². The Morgan fingerprint density at radius 1 is 1.00 bits per heavy atom. The lowest BCUT2D eigenvalue weighted by molar-refractivity contribution is 0.618. The van der Waals surface area contributed by atoms with Gasteiger partial charge < -0.3 is 0 Å². The van der Waals surface area contributed by atoms with Gasteiger partial charge in [-0.15, -0.1) is 20.4 Å². The van der Waals surface area contributed by atoms with E-state index in [4.69, 9.17) is 0 Å². The monoisotopic (exact) mass is 204 g/mol. The molecule has 76 valence electrons. The number of rotatable bonds is 1. The van der Waals surface area contributed by atoms with Crippen LogP contribution in [0.4, 0.5) is 4.39 Å². The van der Waals surface area contributed by atoms with Crippen LogP contribution in [-0.4, -0.2) is 20.4 Å². The number of aryl methyl sites for hydroxylation is 2. The molecule has 0 amide bonds. The Bertz CT molecular complexity index is 481. The van der Waals surface area contributed by atoms with Crippen molar-refractivity contribution in [1.29, 1.82) is 0 Å². The summed E-state index contributed by atoms with van der Waals surface area (Å²) in [6.07, 6.45) is 0. The van der Waals surface area contributed by atoms with Crippen molar-refractivity contribution in [3.8, 4) is 11.4 Å². The highest BCUT2D eigenvalue weighted by atomic mass is 19.1. The summed E-state index contributed by atoms with van der Waals surface area (Å²) in [6.45, 7) is 3.39. The molecule has 1 heterocycles. The average Bonchev–Trinajstić information content (AvgIpc) is 2.23. The maximum absolute atomic E-state index is 13.2. The summed E-state index contributed by atoms with van der Waals surface area (Å²) in [5.41, 5.74) is 1.17. The predicted octanol–water partition coefficient (Wildman–Crippen LogP) is 1.69. The fraction of sp³-hybridized carbons (Fsp3) is 0.200. The van der Waals surface area contributed by atoms with Crippen molar-refractivity contribution in [2.75, 3.05) is 0 Å². The van der Waals surface area contributed by atoms with E-state index in [0.29, 0.717) is 22.8 Å². The SMILES string of the molecule is Cc1nnc(-c2ccc(C)c(F)c2)nn1. The molecule has 0 atom stereocenters. The van der Waals surface area contributed by atoms with Gasteiger partial charge in [0.25, 0.3) is 0 Å². The van der Waals surface area contributed by atoms with Crippen LogP contribution in [0.25, 0.3) is 11.4 Å². The lowest BCUT2D eigenvalue weighted by atomic mass is 10.1. The number of hydrogen-bond acceptors (Lipinski definition) is 4. The van der Waals surface area contributed by atoms with E-state index < -0.39 is 0 Å². The molecule has 0 aliphatic carbocycles. The van der Waals surface area contributed by atoms with Crippen molar-refractivity contribution in [3.05, 3.63) is 35.4 Å². The number of nitrogens with zero attached hydrogens (tertiary/aromatic N) is 4. The number of benzene rings is 1. The summed E-state index contributed by atoms with van der Waals surface area (Å²) in [6, 6.07) is 4.80. The lowest BCUT2D eigenvalue weighted by Crippen LogP contribution is -1.99. The molecule has 15 heavy (non-hydrogen) atoms. The highest BCUT2D eigenvalue weighted by molar-refractivity contribution is 5.54. The van der Waals surface area contributed by atoms with E-state index in [1.54, 1.807) is 26.0 Å². The molecule has 2 aromatic rings. The smallest absolute Gasteiger partial charge is 0.203 e. The zero-order valence-corrected chi connectivity index (χ0v) is 8.40. The first-order valence-corrected chi connectivity index (χ1v) is 4.47. The van der Waals surface area contributed by atoms with Crippen molar-refractivity contribution in [3.63, 3.8) is 0 Å². The lowest BCUT2D eigenvalue weighted by Gasteiger charge is -2.00. The summed E-state index contributed by atoms with van der Waals surface area (Å²) >= 11 is 0. The van der Waals surface area contributed by atoms with E-state index in [-0.39, 0.29) is 5.82 Å². The minimum atomic E-state index is -0.281. The second-order valence-electron chi connectivity index (χ2n) is 3.23. The minimum Gasteiger partial charge on any atom is -0.207 e. The first-order chi connectivity index (χ1) is 7.16. The van der Waals surface area contributed by atoms with Gasteiger partial charge in [-0.1, -0.05) is 12.1 Å². The summed E-state index contributed by atoms with van der Waals surface area (Å²) in [5, 5.41) is 15.2. The normalized spacial score (nSPS) is 10.3. The van der Waals surface area contributed by atoms with Crippen LogP contribution in [0.15, 0.2) is 18.2 Å². The van der Waals surface area contributed by atoms with Gasteiger partial charge in [-0.25, -0.2) is 4.39 Å². The van der Waals surface area contributed by atoms with E-state index in [9.17, 15) is 4.39 Å². The van der Waals surface area contributed by atoms with Gasteiger partial charge >= 0.3 is 0 Å². The third kappa shape index (κ3) is 1.96. The molecule has 1 aromatic heterocycles. The fourth-order valence-electron chi connectivity index (χ4n) is 1.13. The molecule has 0 fully saturated rings. The van der Waals surface area contributed by atoms with E-state index in [1.807, 2.05) is 0 Å². The molecule has 0 saturated carbocycles. The molecule has 0 bridgehead atoms. The van der Waals surface area contributed by atoms with Crippen LogP contribution in [0.5, 0.6) is 0 Å². The summed E-state index contributed by atoms with van der Waals surface area (Å²) in [5.74, 6) is 0.544. The van der Waals surface area contributed by atoms with Crippen LogP contribution in [-0.2, 0) is 0 Å². The molecule has 0 saturated heterocycles. The van der Waals surface area contributed by atoms with Crippen LogP contribution in [0.2, 0.25) is 0 Å². The maximum Gasteiger partial charge on any atom is 0.203 e. The fourth-order valence-corrected chi connectivity index (χ4v) is 1.13. The Balaban J connectivity index is 2.45. The zero-order valence-electron chi connectivity index (χ0n) is 8.40. The van der Waals surface area contributed by atoms with E-state index in [0.717, 1.165) is 0 Å². The van der Waals surface area contributed by atoms with Gasteiger partial charge in [0.05, 0.1) is 0 Å². The van der Waals surface area contributed by atoms with Crippen molar-refractivity contribution < 1.29 is 4.39 Å². The van der Waals surface area contributed by atoms with Gasteiger partial charge in [0.1, 0.15) is 5.82 Å². The Morgan fingerprint density at radius 3 is 2.27 bits per heavy atom. The third-order valence-electron chi connectivity index (χ3n) is 2.01. The standard InChI is InChI=1S/C10H9FN4/c1-6-3-4-8(5-9(6)11)10-14-12-7(2)13-15-10/h3-5H,1-2H3. The molecule has 0 unspecified atom stereocenters. The van der Waals surface area contributed by atoms with E-state index in [1.165, 1.54) is 6.07 Å². The Labute approximate surface area is 86.2 Å². The average molecular weight is 204 g/mol. The van der Waals surface area contributed by atoms with Crippen LogP contribution >= 0.6 is 0 Å². The van der Waals surface area contributed by atoms with Crippen molar-refractivity contribution in [2.24, 2.45) is 0 Å². The van der Waals surface area contributed by atoms with Crippen molar-refractivity contribution >= 4 is 0 Å². The van der Waals surface area contributed by atoms with Crippen molar-refractivity contribution in [2.45, 2.75) is 13.8 Å². The Morgan fingerprint density at radius 2 is 1.67 bits per heavy atom. The number of aromatic nitrogens is 4. The minimum absolute atomic E-state index is 0.281. The number of hydrogen-bond donors (Lipinski definition) is 0. The van der Waals surface area contributed by atoms with Crippen LogP contribution < -0.4 is 0 Å². The topological polar surface area (TPSA) is 51.6 Å². The summed E-state index contributed by atoms with van der Waals surface area (Å²) in [4.78, 5) is 0. The third-order valence-corrected chi connectivity index (χ3v) is 2.01. The molecule has 0 N–H and O–H groups in total. The molecular weight excluding hydrogens is 195 g/mol. The predicted molar refractivity (Wildman–Crippen MR) is 52.5 cm³/mol. The number of halogens is 1. The highest BCUT2D eigenvalue weighted by Gasteiger charge is 2.05. The molecule has 0 spiro atoms. The van der Waals surface area contributed by atoms with Gasteiger partial charge in [0.15, 0.2) is 5.82 Å². The van der Waals surface area contributed by atoms with E-state index in [2.05, 4.69) is 20.4 Å². The molecular formula is C10H9FN4. The van der Waals surface area contributed by atoms with Crippen LogP contribution in [0, 0.1) is 19.7 Å². The van der Waals surface area contributed by atoms with Gasteiger partial charge in [0, 0.05) is 5.56 Å². The highest BCUT2D eigenvalue weighted by Crippen LogP contribution is 2.16. The van der Waals surface area contributed by atoms with Gasteiger partial charge in [0.2, 0.25) is 5.82 Å². The van der Waals surface area contributed by atoms with Gasteiger partial charge in [-0.3, -0.25) is 0 Å². The molecule has 0 radical (unpaired) electrons. The summed E-state index contributed by atoms with van der Waals surface area (Å²) in [7, 11) is 0. The van der Waals surface area contributed by atoms with Gasteiger partial charge in [-0.2, -0.15) is 0 Å².